The van der Waals surface area contributed by atoms with Gasteiger partial charge < -0.3 is 10.5 Å². The predicted octanol–water partition coefficient (Wildman–Crippen LogP) is 3.88. The van der Waals surface area contributed by atoms with Crippen LogP contribution in [0, 0.1) is 19.3 Å². The molecular formula is C20H20N4O. The molecule has 1 heterocycles. The Hall–Kier alpha value is -3.21. The lowest BCUT2D eigenvalue weighted by Crippen LogP contribution is -2.09. The van der Waals surface area contributed by atoms with Crippen molar-refractivity contribution < 1.29 is 4.74 Å². The number of aromatic nitrogens is 2. The van der Waals surface area contributed by atoms with E-state index in [1.807, 2.05) is 62.4 Å². The Morgan fingerprint density at radius 1 is 1.08 bits per heavy atom. The molecule has 1 aromatic heterocycles. The first-order valence-electron chi connectivity index (χ1n) is 8.00. The Bertz CT molecular complexity index is 904. The first-order valence-corrected chi connectivity index (χ1v) is 8.00. The van der Waals surface area contributed by atoms with Crippen LogP contribution in [0.4, 0.5) is 5.82 Å². The van der Waals surface area contributed by atoms with Crippen LogP contribution in [0.15, 0.2) is 54.7 Å². The van der Waals surface area contributed by atoms with Crippen molar-refractivity contribution in [3.05, 3.63) is 77.1 Å². The van der Waals surface area contributed by atoms with Crippen LogP contribution < -0.4 is 5.73 Å². The Morgan fingerprint density at radius 3 is 2.56 bits per heavy atom. The molecule has 0 spiro atoms. The van der Waals surface area contributed by atoms with Gasteiger partial charge in [-0.05, 0) is 26.0 Å². The highest BCUT2D eigenvalue weighted by atomic mass is 16.5. The standard InChI is InChI=1S/C20H20N4O/c1-13-6-8-15(9-7-13)17-11-23-19(21)18(24-17)12-25-20(22)16-5-3-4-14(2)10-16/h3-11,22H,12H2,1-2H3,(H2,21,23). The van der Waals surface area contributed by atoms with Gasteiger partial charge in [0.25, 0.3) is 0 Å². The highest BCUT2D eigenvalue weighted by Crippen LogP contribution is 2.19. The number of nitrogens with one attached hydrogen (secondary N) is 1. The lowest BCUT2D eigenvalue weighted by molar-refractivity contribution is 0.286. The first kappa shape index (κ1) is 16.6. The minimum absolute atomic E-state index is 0.0886. The molecule has 3 N–H and O–H groups in total. The van der Waals surface area contributed by atoms with E-state index in [1.54, 1.807) is 6.20 Å². The molecule has 3 aromatic rings. The summed E-state index contributed by atoms with van der Waals surface area (Å²) in [7, 11) is 0. The van der Waals surface area contributed by atoms with E-state index in [-0.39, 0.29) is 12.5 Å². The van der Waals surface area contributed by atoms with E-state index in [0.29, 0.717) is 11.5 Å². The lowest BCUT2D eigenvalue weighted by atomic mass is 10.1. The van der Waals surface area contributed by atoms with Gasteiger partial charge in [0.1, 0.15) is 18.1 Å². The third-order valence-corrected chi connectivity index (χ3v) is 3.86. The van der Waals surface area contributed by atoms with Crippen molar-refractivity contribution in [2.75, 3.05) is 5.73 Å². The van der Waals surface area contributed by atoms with Gasteiger partial charge in [-0.1, -0.05) is 47.5 Å². The monoisotopic (exact) mass is 332 g/mol. The van der Waals surface area contributed by atoms with E-state index in [2.05, 4.69) is 9.97 Å². The van der Waals surface area contributed by atoms with Crippen molar-refractivity contribution >= 4 is 11.7 Å². The lowest BCUT2D eigenvalue weighted by Gasteiger charge is -2.10. The molecule has 25 heavy (non-hydrogen) atoms. The van der Waals surface area contributed by atoms with Crippen LogP contribution in [0.1, 0.15) is 22.4 Å². The number of nitrogens with two attached hydrogens (primary N) is 1. The molecule has 0 saturated heterocycles. The number of rotatable bonds is 4. The number of anilines is 1. The maximum atomic E-state index is 8.08. The summed E-state index contributed by atoms with van der Waals surface area (Å²) in [6, 6.07) is 15.7. The highest BCUT2D eigenvalue weighted by Gasteiger charge is 2.10. The van der Waals surface area contributed by atoms with Gasteiger partial charge in [0.2, 0.25) is 5.90 Å². The van der Waals surface area contributed by atoms with Gasteiger partial charge in [-0.15, -0.1) is 0 Å². The fourth-order valence-electron chi connectivity index (χ4n) is 2.42. The van der Waals surface area contributed by atoms with E-state index >= 15 is 0 Å². The number of aryl methyl sites for hydroxylation is 2. The Balaban J connectivity index is 1.77. The topological polar surface area (TPSA) is 84.9 Å². The van der Waals surface area contributed by atoms with Gasteiger partial charge in [0.15, 0.2) is 0 Å². The second-order valence-corrected chi connectivity index (χ2v) is 5.94. The smallest absolute Gasteiger partial charge is 0.213 e. The molecule has 3 rings (SSSR count). The van der Waals surface area contributed by atoms with Crippen LogP contribution in [0.3, 0.4) is 0 Å². The van der Waals surface area contributed by atoms with Gasteiger partial charge in [-0.2, -0.15) is 0 Å². The van der Waals surface area contributed by atoms with Crippen molar-refractivity contribution in [2.45, 2.75) is 20.5 Å². The van der Waals surface area contributed by atoms with E-state index in [0.717, 1.165) is 22.4 Å². The summed E-state index contributed by atoms with van der Waals surface area (Å²) < 4.78 is 5.56. The first-order chi connectivity index (χ1) is 12.0. The Morgan fingerprint density at radius 2 is 1.84 bits per heavy atom. The average Bonchev–Trinajstić information content (AvgIpc) is 2.61. The van der Waals surface area contributed by atoms with Crippen LogP contribution >= 0.6 is 0 Å². The molecule has 0 saturated carbocycles. The third kappa shape index (κ3) is 4.01. The van der Waals surface area contributed by atoms with Crippen molar-refractivity contribution in [3.63, 3.8) is 0 Å². The zero-order chi connectivity index (χ0) is 17.8. The van der Waals surface area contributed by atoms with Gasteiger partial charge in [0, 0.05) is 11.1 Å². The maximum Gasteiger partial charge on any atom is 0.213 e. The van der Waals surface area contributed by atoms with Crippen molar-refractivity contribution in [2.24, 2.45) is 0 Å². The largest absolute Gasteiger partial charge is 0.471 e. The summed E-state index contributed by atoms with van der Waals surface area (Å²) in [5, 5.41) is 8.08. The second-order valence-electron chi connectivity index (χ2n) is 5.94. The van der Waals surface area contributed by atoms with E-state index in [9.17, 15) is 0 Å². The van der Waals surface area contributed by atoms with Gasteiger partial charge in [-0.3, -0.25) is 5.41 Å². The van der Waals surface area contributed by atoms with E-state index in [4.69, 9.17) is 15.9 Å². The summed E-state index contributed by atoms with van der Waals surface area (Å²) in [6.07, 6.45) is 1.65. The molecule has 0 fully saturated rings. The molecule has 0 amide bonds. The molecule has 0 aliphatic carbocycles. The van der Waals surface area contributed by atoms with Gasteiger partial charge in [0.05, 0.1) is 11.9 Å². The van der Waals surface area contributed by atoms with Crippen LogP contribution in [-0.4, -0.2) is 15.9 Å². The summed E-state index contributed by atoms with van der Waals surface area (Å²) in [5.74, 6) is 0.401. The molecular weight excluding hydrogens is 312 g/mol. The molecule has 0 aliphatic rings. The third-order valence-electron chi connectivity index (χ3n) is 3.86. The molecule has 5 nitrogen and oxygen atoms in total. The summed E-state index contributed by atoms with van der Waals surface area (Å²) >= 11 is 0. The molecule has 2 aromatic carbocycles. The summed E-state index contributed by atoms with van der Waals surface area (Å²) in [6.45, 7) is 4.12. The van der Waals surface area contributed by atoms with E-state index in [1.165, 1.54) is 5.56 Å². The number of nitrogens with zero attached hydrogens (tertiary/aromatic N) is 2. The summed E-state index contributed by atoms with van der Waals surface area (Å²) in [4.78, 5) is 8.75. The maximum absolute atomic E-state index is 8.08. The number of hydrogen-bond acceptors (Lipinski definition) is 5. The second kappa shape index (κ2) is 7.13. The fourth-order valence-corrected chi connectivity index (χ4v) is 2.42. The molecule has 126 valence electrons. The molecule has 0 aliphatic heterocycles. The van der Waals surface area contributed by atoms with Crippen LogP contribution in [0.25, 0.3) is 11.3 Å². The fraction of sp³-hybridized carbons (Fsp3) is 0.150. The van der Waals surface area contributed by atoms with Gasteiger partial charge in [-0.25, -0.2) is 9.97 Å². The number of benzene rings is 2. The van der Waals surface area contributed by atoms with E-state index < -0.39 is 0 Å². The summed E-state index contributed by atoms with van der Waals surface area (Å²) in [5.41, 5.74) is 11.1. The molecule has 0 unspecified atom stereocenters. The van der Waals surface area contributed by atoms with Crippen LogP contribution in [-0.2, 0) is 11.3 Å². The normalized spacial score (nSPS) is 10.5. The zero-order valence-corrected chi connectivity index (χ0v) is 14.3. The number of hydrogen-bond donors (Lipinski definition) is 2. The minimum atomic E-state index is 0.0886. The van der Waals surface area contributed by atoms with Crippen LogP contribution in [0.5, 0.6) is 0 Å². The zero-order valence-electron chi connectivity index (χ0n) is 14.3. The molecule has 0 bridgehead atoms. The van der Waals surface area contributed by atoms with Crippen molar-refractivity contribution in [1.82, 2.24) is 9.97 Å². The predicted molar refractivity (Wildman–Crippen MR) is 99.4 cm³/mol. The van der Waals surface area contributed by atoms with Crippen molar-refractivity contribution in [1.29, 1.82) is 5.41 Å². The SMILES string of the molecule is Cc1ccc(-c2cnc(N)c(COC(=N)c3cccc(C)c3)n2)cc1. The minimum Gasteiger partial charge on any atom is -0.471 e. The Kier molecular flexibility index (Phi) is 4.75. The molecule has 0 atom stereocenters. The molecule has 0 radical (unpaired) electrons. The number of nitrogen functional groups attached to an aromatic ring is 1. The van der Waals surface area contributed by atoms with Crippen LogP contribution in [0.2, 0.25) is 0 Å². The quantitative estimate of drug-likeness (QED) is 0.561. The Labute approximate surface area is 147 Å². The highest BCUT2D eigenvalue weighted by molar-refractivity contribution is 5.91. The average molecular weight is 332 g/mol. The van der Waals surface area contributed by atoms with Crippen molar-refractivity contribution in [3.8, 4) is 11.3 Å². The van der Waals surface area contributed by atoms with Gasteiger partial charge >= 0.3 is 0 Å². The molecule has 5 heteroatoms. The number of ether oxygens (including phenoxy) is 1.